The molecule has 27 heavy (non-hydrogen) atoms. The maximum Gasteiger partial charge on any atom is 0.243 e. The van der Waals surface area contributed by atoms with Crippen LogP contribution in [-0.4, -0.2) is 38.0 Å². The van der Waals surface area contributed by atoms with E-state index in [1.807, 2.05) is 18.2 Å². The molecule has 0 aliphatic carbocycles. The molecule has 1 aliphatic rings. The summed E-state index contributed by atoms with van der Waals surface area (Å²) in [6.45, 7) is 2.12. The maximum absolute atomic E-state index is 13.0. The fourth-order valence-corrected chi connectivity index (χ4v) is 5.07. The van der Waals surface area contributed by atoms with Crippen LogP contribution < -0.4 is 10.1 Å². The van der Waals surface area contributed by atoms with E-state index in [1.165, 1.54) is 7.11 Å². The quantitative estimate of drug-likeness (QED) is 0.760. The van der Waals surface area contributed by atoms with Gasteiger partial charge in [-0.3, -0.25) is 0 Å². The van der Waals surface area contributed by atoms with Gasteiger partial charge in [0.05, 0.1) is 12.0 Å². The summed E-state index contributed by atoms with van der Waals surface area (Å²) in [6.07, 6.45) is 2.92. The number of sulfonamides is 1. The fourth-order valence-electron chi connectivity index (χ4n) is 3.33. The lowest BCUT2D eigenvalue weighted by atomic mass is 10.2. The van der Waals surface area contributed by atoms with E-state index in [2.05, 4.69) is 5.32 Å². The molecule has 2 aromatic rings. The van der Waals surface area contributed by atoms with Gasteiger partial charge < -0.3 is 15.2 Å². The summed E-state index contributed by atoms with van der Waals surface area (Å²) in [5.74, 6) is 0.515. The monoisotopic (exact) mass is 390 g/mol. The molecule has 6 nitrogen and oxygen atoms in total. The van der Waals surface area contributed by atoms with Crippen molar-refractivity contribution in [3.05, 3.63) is 53.6 Å². The van der Waals surface area contributed by atoms with Gasteiger partial charge in [-0.15, -0.1) is 0 Å². The minimum atomic E-state index is -3.47. The number of phenols is 1. The second-order valence-electron chi connectivity index (χ2n) is 6.68. The number of ether oxygens (including phenoxy) is 1. The molecular formula is C20H26N2O4S. The summed E-state index contributed by atoms with van der Waals surface area (Å²) in [4.78, 5) is 0.372. The third-order valence-electron chi connectivity index (χ3n) is 4.79. The van der Waals surface area contributed by atoms with E-state index in [0.29, 0.717) is 36.8 Å². The molecule has 2 N–H and O–H groups in total. The van der Waals surface area contributed by atoms with Crippen LogP contribution in [0, 0.1) is 0 Å². The molecule has 1 aliphatic heterocycles. The van der Waals surface area contributed by atoms with E-state index in [4.69, 9.17) is 4.74 Å². The van der Waals surface area contributed by atoms with Crippen LogP contribution in [0.2, 0.25) is 0 Å². The van der Waals surface area contributed by atoms with Gasteiger partial charge in [0.15, 0.2) is 11.5 Å². The molecule has 0 unspecified atom stereocenters. The lowest BCUT2D eigenvalue weighted by Crippen LogP contribution is -2.36. The summed E-state index contributed by atoms with van der Waals surface area (Å²) >= 11 is 0. The van der Waals surface area contributed by atoms with Crippen molar-refractivity contribution in [1.82, 2.24) is 9.62 Å². The molecule has 0 radical (unpaired) electrons. The molecule has 1 fully saturated rings. The zero-order chi connectivity index (χ0) is 19.3. The van der Waals surface area contributed by atoms with Crippen LogP contribution >= 0.6 is 0 Å². The van der Waals surface area contributed by atoms with Crippen molar-refractivity contribution in [2.45, 2.75) is 37.2 Å². The van der Waals surface area contributed by atoms with Gasteiger partial charge in [0.25, 0.3) is 0 Å². The topological polar surface area (TPSA) is 78.9 Å². The normalized spacial score (nSPS) is 15.6. The lowest BCUT2D eigenvalue weighted by molar-refractivity contribution is 0.346. The summed E-state index contributed by atoms with van der Waals surface area (Å²) in [7, 11) is -1.96. The first-order valence-corrected chi connectivity index (χ1v) is 10.6. The number of aromatic hydroxyl groups is 1. The zero-order valence-corrected chi connectivity index (χ0v) is 16.3. The smallest absolute Gasteiger partial charge is 0.243 e. The minimum Gasteiger partial charge on any atom is -0.504 e. The highest BCUT2D eigenvalue weighted by molar-refractivity contribution is 7.89. The van der Waals surface area contributed by atoms with Gasteiger partial charge >= 0.3 is 0 Å². The van der Waals surface area contributed by atoms with Crippen LogP contribution in [0.1, 0.15) is 30.4 Å². The van der Waals surface area contributed by atoms with E-state index >= 15 is 0 Å². The predicted octanol–water partition coefficient (Wildman–Crippen LogP) is 2.87. The number of benzene rings is 2. The molecule has 0 spiro atoms. The number of hydrogen-bond donors (Lipinski definition) is 2. The second kappa shape index (κ2) is 8.73. The Morgan fingerprint density at radius 3 is 2.52 bits per heavy atom. The molecule has 0 atom stereocenters. The van der Waals surface area contributed by atoms with Crippen molar-refractivity contribution < 1.29 is 18.3 Å². The van der Waals surface area contributed by atoms with Crippen molar-refractivity contribution in [3.8, 4) is 11.5 Å². The van der Waals surface area contributed by atoms with Gasteiger partial charge in [-0.25, -0.2) is 8.42 Å². The summed E-state index contributed by atoms with van der Waals surface area (Å²) in [5, 5.41) is 13.1. The third kappa shape index (κ3) is 4.61. The Morgan fingerprint density at radius 2 is 1.81 bits per heavy atom. The van der Waals surface area contributed by atoms with Crippen molar-refractivity contribution in [2.24, 2.45) is 0 Å². The first kappa shape index (κ1) is 19.7. The number of hydrogen-bond acceptors (Lipinski definition) is 5. The zero-order valence-electron chi connectivity index (χ0n) is 15.5. The lowest BCUT2D eigenvalue weighted by Gasteiger charge is -2.26. The van der Waals surface area contributed by atoms with Crippen LogP contribution in [0.3, 0.4) is 0 Å². The van der Waals surface area contributed by atoms with Crippen LogP contribution in [-0.2, 0) is 23.1 Å². The molecule has 1 saturated heterocycles. The van der Waals surface area contributed by atoms with Crippen LogP contribution in [0.5, 0.6) is 11.5 Å². The Bertz CT molecular complexity index is 877. The standard InChI is InChI=1S/C20H26N2O4S/c1-26-19-10-9-16(13-18(19)23)14-21-15-17-7-3-4-8-20(17)27(24,25)22-11-5-2-6-12-22/h3-4,7-10,13,21,23H,2,5-6,11-12,14-15H2,1H3. The summed E-state index contributed by atoms with van der Waals surface area (Å²) < 4.78 is 32.7. The van der Waals surface area contributed by atoms with Gasteiger partial charge in [0, 0.05) is 26.2 Å². The first-order valence-electron chi connectivity index (χ1n) is 9.17. The number of nitrogens with zero attached hydrogens (tertiary/aromatic N) is 1. The second-order valence-corrected chi connectivity index (χ2v) is 8.59. The van der Waals surface area contributed by atoms with Gasteiger partial charge in [0.1, 0.15) is 0 Å². The highest BCUT2D eigenvalue weighted by Gasteiger charge is 2.27. The number of phenolic OH excluding ortho intramolecular Hbond substituents is 1. The van der Waals surface area contributed by atoms with E-state index in [-0.39, 0.29) is 5.75 Å². The van der Waals surface area contributed by atoms with Crippen molar-refractivity contribution >= 4 is 10.0 Å². The minimum absolute atomic E-state index is 0.0878. The third-order valence-corrected chi connectivity index (χ3v) is 6.79. The molecule has 0 amide bonds. The average molecular weight is 391 g/mol. The van der Waals surface area contributed by atoms with E-state index in [9.17, 15) is 13.5 Å². The fraction of sp³-hybridized carbons (Fsp3) is 0.400. The van der Waals surface area contributed by atoms with Gasteiger partial charge in [0.2, 0.25) is 10.0 Å². The number of piperidine rings is 1. The molecule has 2 aromatic carbocycles. The average Bonchev–Trinajstić information content (AvgIpc) is 2.69. The molecule has 0 aromatic heterocycles. The van der Waals surface area contributed by atoms with Gasteiger partial charge in [-0.05, 0) is 42.2 Å². The van der Waals surface area contributed by atoms with E-state index in [1.54, 1.807) is 28.6 Å². The molecule has 146 valence electrons. The molecule has 0 saturated carbocycles. The SMILES string of the molecule is COc1ccc(CNCc2ccccc2S(=O)(=O)N2CCCCC2)cc1O. The Morgan fingerprint density at radius 1 is 1.07 bits per heavy atom. The van der Waals surface area contributed by atoms with Crippen LogP contribution in [0.15, 0.2) is 47.4 Å². The van der Waals surface area contributed by atoms with Gasteiger partial charge in [-0.1, -0.05) is 30.7 Å². The number of nitrogens with one attached hydrogen (secondary N) is 1. The van der Waals surface area contributed by atoms with Crippen molar-refractivity contribution in [3.63, 3.8) is 0 Å². The highest BCUT2D eigenvalue weighted by atomic mass is 32.2. The first-order chi connectivity index (χ1) is 13.0. The summed E-state index contributed by atoms with van der Waals surface area (Å²) in [6, 6.07) is 12.4. The highest BCUT2D eigenvalue weighted by Crippen LogP contribution is 2.26. The summed E-state index contributed by atoms with van der Waals surface area (Å²) in [5.41, 5.74) is 1.64. The maximum atomic E-state index is 13.0. The Kier molecular flexibility index (Phi) is 6.36. The molecule has 0 bridgehead atoms. The molecule has 1 heterocycles. The Balaban J connectivity index is 1.70. The molecular weight excluding hydrogens is 364 g/mol. The van der Waals surface area contributed by atoms with E-state index in [0.717, 1.165) is 30.4 Å². The molecule has 3 rings (SSSR count). The van der Waals surface area contributed by atoms with Crippen LogP contribution in [0.4, 0.5) is 0 Å². The molecule has 7 heteroatoms. The van der Waals surface area contributed by atoms with Crippen molar-refractivity contribution in [2.75, 3.05) is 20.2 Å². The number of rotatable bonds is 7. The van der Waals surface area contributed by atoms with E-state index < -0.39 is 10.0 Å². The largest absolute Gasteiger partial charge is 0.504 e. The number of methoxy groups -OCH3 is 1. The Hall–Kier alpha value is -2.09. The predicted molar refractivity (Wildman–Crippen MR) is 104 cm³/mol. The Labute approximate surface area is 160 Å². The van der Waals surface area contributed by atoms with Crippen LogP contribution in [0.25, 0.3) is 0 Å². The van der Waals surface area contributed by atoms with Gasteiger partial charge in [-0.2, -0.15) is 4.31 Å². The van der Waals surface area contributed by atoms with Crippen molar-refractivity contribution in [1.29, 1.82) is 0 Å².